The van der Waals surface area contributed by atoms with Crippen LogP contribution in [0.3, 0.4) is 0 Å². The zero-order chi connectivity index (χ0) is 21.7. The molecule has 0 aliphatic heterocycles. The second-order valence-electron chi connectivity index (χ2n) is 7.06. The minimum atomic E-state index is -0.663. The van der Waals surface area contributed by atoms with Gasteiger partial charge < -0.3 is 11.1 Å². The first kappa shape index (κ1) is 19.3. The van der Waals surface area contributed by atoms with Crippen LogP contribution in [0.1, 0.15) is 33.3 Å². The highest BCUT2D eigenvalue weighted by Crippen LogP contribution is 2.29. The zero-order valence-corrected chi connectivity index (χ0v) is 16.6. The highest BCUT2D eigenvalue weighted by Gasteiger charge is 2.33. The number of fused-ring (bicyclic) bond motifs is 3. The molecule has 1 aliphatic rings. The number of nitrogens with one attached hydrogen (secondary N) is 1. The van der Waals surface area contributed by atoms with Crippen molar-refractivity contribution in [2.75, 3.05) is 11.1 Å². The Balaban J connectivity index is 1.99. The first-order valence-corrected chi connectivity index (χ1v) is 9.30. The van der Waals surface area contributed by atoms with E-state index in [1.807, 2.05) is 0 Å². The molecular formula is C21H19N5O4. The highest BCUT2D eigenvalue weighted by atomic mass is 16.2. The van der Waals surface area contributed by atoms with Crippen LogP contribution in [0.2, 0.25) is 0 Å². The van der Waals surface area contributed by atoms with Crippen LogP contribution in [0.4, 0.5) is 11.4 Å². The molecule has 0 amide bonds. The summed E-state index contributed by atoms with van der Waals surface area (Å²) in [6.07, 6.45) is 1.51. The Morgan fingerprint density at radius 3 is 2.30 bits per heavy atom. The lowest BCUT2D eigenvalue weighted by atomic mass is 9.88. The number of rotatable bonds is 3. The molecule has 1 aromatic carbocycles. The molecule has 3 N–H and O–H groups in total. The number of aryl methyl sites for hydroxylation is 2. The number of nitrogen functional groups attached to an aromatic ring is 1. The fraction of sp³-hybridized carbons (Fsp3) is 0.190. The van der Waals surface area contributed by atoms with E-state index < -0.39 is 22.8 Å². The van der Waals surface area contributed by atoms with Crippen LogP contribution in [0, 0.1) is 0 Å². The molecule has 0 spiro atoms. The fourth-order valence-corrected chi connectivity index (χ4v) is 3.60. The maximum atomic E-state index is 13.3. The number of anilines is 2. The van der Waals surface area contributed by atoms with E-state index in [0.717, 1.165) is 4.57 Å². The number of nitrogens with zero attached hydrogens (tertiary/aromatic N) is 3. The molecule has 9 heteroatoms. The Hall–Kier alpha value is -4.01. The van der Waals surface area contributed by atoms with Gasteiger partial charge in [0.2, 0.25) is 5.78 Å². The van der Waals surface area contributed by atoms with E-state index in [1.54, 1.807) is 31.2 Å². The van der Waals surface area contributed by atoms with Crippen molar-refractivity contribution in [1.82, 2.24) is 14.1 Å². The van der Waals surface area contributed by atoms with Crippen LogP contribution < -0.4 is 22.3 Å². The molecule has 0 bridgehead atoms. The first-order chi connectivity index (χ1) is 14.2. The lowest BCUT2D eigenvalue weighted by Gasteiger charge is -2.21. The predicted octanol–water partition coefficient (Wildman–Crippen LogP) is 1.15. The number of benzene rings is 1. The van der Waals surface area contributed by atoms with Crippen LogP contribution in [-0.2, 0) is 20.5 Å². The number of aromatic nitrogens is 3. The van der Waals surface area contributed by atoms with E-state index in [0.29, 0.717) is 23.5 Å². The van der Waals surface area contributed by atoms with Gasteiger partial charge in [-0.3, -0.25) is 23.5 Å². The Bertz CT molecular complexity index is 1390. The normalized spacial score (nSPS) is 13.4. The Kier molecular flexibility index (Phi) is 4.38. The van der Waals surface area contributed by atoms with Crippen molar-refractivity contribution in [3.05, 3.63) is 73.7 Å². The number of carbonyl (C=O) groups is 2. The van der Waals surface area contributed by atoms with Gasteiger partial charge in [-0.25, -0.2) is 9.78 Å². The topological polar surface area (TPSA) is 129 Å². The van der Waals surface area contributed by atoms with Crippen molar-refractivity contribution < 1.29 is 9.59 Å². The second kappa shape index (κ2) is 6.80. The summed E-state index contributed by atoms with van der Waals surface area (Å²) in [5.74, 6) is -0.941. The SMILES string of the molecule is CCc1nc2c(c3c1C(=O)C(Nc1ccc(N)cc1)=CC3=O)c(=O)n(C)c(=O)n2C. The quantitative estimate of drug-likeness (QED) is 0.625. The van der Waals surface area contributed by atoms with Crippen molar-refractivity contribution >= 4 is 34.0 Å². The summed E-state index contributed by atoms with van der Waals surface area (Å²) in [6.45, 7) is 1.79. The average molecular weight is 405 g/mol. The zero-order valence-electron chi connectivity index (χ0n) is 16.6. The number of nitrogens with two attached hydrogens (primary N) is 1. The number of carbonyl (C=O) groups excluding carboxylic acids is 2. The van der Waals surface area contributed by atoms with Gasteiger partial charge in [0.05, 0.1) is 27.9 Å². The van der Waals surface area contributed by atoms with Gasteiger partial charge in [-0.1, -0.05) is 6.92 Å². The molecule has 2 heterocycles. The summed E-state index contributed by atoms with van der Waals surface area (Å²) in [4.78, 5) is 55.9. The maximum absolute atomic E-state index is 13.3. The van der Waals surface area contributed by atoms with E-state index in [9.17, 15) is 19.2 Å². The standard InChI is InChI=1S/C21H19N5O4/c1-4-12-15-16(17-19(24-12)25(2)21(30)26(3)20(17)29)14(27)9-13(18(15)28)23-11-7-5-10(22)6-8-11/h5-9,23H,4,22H2,1-3H3. The summed E-state index contributed by atoms with van der Waals surface area (Å²) >= 11 is 0. The molecule has 0 radical (unpaired) electrons. The molecule has 9 nitrogen and oxygen atoms in total. The number of hydrogen-bond acceptors (Lipinski definition) is 7. The molecule has 152 valence electrons. The molecular weight excluding hydrogens is 386 g/mol. The summed E-state index contributed by atoms with van der Waals surface area (Å²) in [6, 6.07) is 6.72. The van der Waals surface area contributed by atoms with Crippen LogP contribution >= 0.6 is 0 Å². The van der Waals surface area contributed by atoms with Gasteiger partial charge in [0.15, 0.2) is 5.78 Å². The minimum absolute atomic E-state index is 0.0130. The number of Topliss-reactive ketones (excluding diaryl/α,β-unsaturated/α-hetero) is 1. The van der Waals surface area contributed by atoms with E-state index in [-0.39, 0.29) is 27.9 Å². The highest BCUT2D eigenvalue weighted by molar-refractivity contribution is 6.29. The third-order valence-electron chi connectivity index (χ3n) is 5.18. The molecule has 0 saturated carbocycles. The number of ketones is 2. The van der Waals surface area contributed by atoms with Crippen molar-refractivity contribution in [3.63, 3.8) is 0 Å². The second-order valence-corrected chi connectivity index (χ2v) is 7.06. The number of hydrogen-bond donors (Lipinski definition) is 2. The lowest BCUT2D eigenvalue weighted by molar-refractivity contribution is 0.0985. The number of allylic oxidation sites excluding steroid dienone is 2. The number of pyridine rings is 1. The van der Waals surface area contributed by atoms with Crippen molar-refractivity contribution in [3.8, 4) is 0 Å². The Morgan fingerprint density at radius 1 is 1.00 bits per heavy atom. The van der Waals surface area contributed by atoms with Gasteiger partial charge >= 0.3 is 5.69 Å². The Labute approximate surface area is 170 Å². The molecule has 0 atom stereocenters. The van der Waals surface area contributed by atoms with Gasteiger partial charge in [0.25, 0.3) is 5.56 Å². The summed E-state index contributed by atoms with van der Waals surface area (Å²) in [7, 11) is 2.80. The minimum Gasteiger partial charge on any atom is -0.399 e. The first-order valence-electron chi connectivity index (χ1n) is 9.30. The van der Waals surface area contributed by atoms with Crippen molar-refractivity contribution in [2.24, 2.45) is 14.1 Å². The molecule has 0 fully saturated rings. The molecule has 3 aromatic rings. The van der Waals surface area contributed by atoms with Crippen LogP contribution in [0.25, 0.3) is 11.0 Å². The maximum Gasteiger partial charge on any atom is 0.332 e. The molecule has 2 aromatic heterocycles. The summed E-state index contributed by atoms with van der Waals surface area (Å²) in [5, 5.41) is 2.91. The predicted molar refractivity (Wildman–Crippen MR) is 113 cm³/mol. The van der Waals surface area contributed by atoms with Crippen LogP contribution in [0.5, 0.6) is 0 Å². The van der Waals surface area contributed by atoms with Gasteiger partial charge in [0, 0.05) is 31.5 Å². The molecule has 30 heavy (non-hydrogen) atoms. The average Bonchev–Trinajstić information content (AvgIpc) is 2.74. The van der Waals surface area contributed by atoms with Crippen molar-refractivity contribution in [1.29, 1.82) is 0 Å². The van der Waals surface area contributed by atoms with E-state index in [1.165, 1.54) is 24.7 Å². The third-order valence-corrected chi connectivity index (χ3v) is 5.18. The molecule has 1 aliphatic carbocycles. The van der Waals surface area contributed by atoms with E-state index in [2.05, 4.69) is 10.3 Å². The lowest BCUT2D eigenvalue weighted by Crippen LogP contribution is -2.39. The molecule has 4 rings (SSSR count). The van der Waals surface area contributed by atoms with Gasteiger partial charge in [-0.2, -0.15) is 0 Å². The monoisotopic (exact) mass is 405 g/mol. The summed E-state index contributed by atoms with van der Waals surface area (Å²) in [5.41, 5.74) is 6.21. The smallest absolute Gasteiger partial charge is 0.332 e. The van der Waals surface area contributed by atoms with Gasteiger partial charge in [0.1, 0.15) is 5.65 Å². The van der Waals surface area contributed by atoms with E-state index >= 15 is 0 Å². The summed E-state index contributed by atoms with van der Waals surface area (Å²) < 4.78 is 2.11. The van der Waals surface area contributed by atoms with Crippen molar-refractivity contribution in [2.45, 2.75) is 13.3 Å². The molecule has 0 saturated heterocycles. The molecule has 0 unspecified atom stereocenters. The Morgan fingerprint density at radius 2 is 1.67 bits per heavy atom. The largest absolute Gasteiger partial charge is 0.399 e. The van der Waals surface area contributed by atoms with Gasteiger partial charge in [-0.05, 0) is 30.7 Å². The fourth-order valence-electron chi connectivity index (χ4n) is 3.60. The third kappa shape index (κ3) is 2.74. The van der Waals surface area contributed by atoms with Gasteiger partial charge in [-0.15, -0.1) is 0 Å². The van der Waals surface area contributed by atoms with E-state index in [4.69, 9.17) is 5.73 Å². The van der Waals surface area contributed by atoms with Crippen LogP contribution in [0.15, 0.2) is 45.6 Å². The van der Waals surface area contributed by atoms with Crippen LogP contribution in [-0.4, -0.2) is 25.7 Å².